The predicted octanol–water partition coefficient (Wildman–Crippen LogP) is 1.21. The van der Waals surface area contributed by atoms with Gasteiger partial charge >= 0.3 is 0 Å². The van der Waals surface area contributed by atoms with Crippen molar-refractivity contribution in [1.82, 2.24) is 4.90 Å². The normalized spacial score (nSPS) is 16.8. The monoisotopic (exact) mass is 254 g/mol. The van der Waals surface area contributed by atoms with Crippen LogP contribution in [0.3, 0.4) is 0 Å². The van der Waals surface area contributed by atoms with E-state index >= 15 is 0 Å². The van der Waals surface area contributed by atoms with E-state index in [1.807, 2.05) is 16.3 Å². The van der Waals surface area contributed by atoms with E-state index in [0.717, 1.165) is 12.8 Å². The van der Waals surface area contributed by atoms with E-state index in [9.17, 15) is 4.79 Å². The molecule has 2 N–H and O–H groups in total. The number of ether oxygens (including phenoxy) is 1. The SMILES string of the molecule is COC(CN)C(=O)N(Cc1cccs1)C1CC1. The minimum Gasteiger partial charge on any atom is -0.370 e. The van der Waals surface area contributed by atoms with Crippen molar-refractivity contribution in [2.24, 2.45) is 5.73 Å². The molecule has 0 saturated heterocycles. The quantitative estimate of drug-likeness (QED) is 0.830. The highest BCUT2D eigenvalue weighted by Gasteiger charge is 2.35. The Hall–Kier alpha value is -0.910. The predicted molar refractivity (Wildman–Crippen MR) is 67.7 cm³/mol. The van der Waals surface area contributed by atoms with Crippen LogP contribution in [0.25, 0.3) is 0 Å². The first-order valence-electron chi connectivity index (χ1n) is 5.82. The molecule has 1 atom stereocenters. The van der Waals surface area contributed by atoms with E-state index in [1.54, 1.807) is 11.3 Å². The summed E-state index contributed by atoms with van der Waals surface area (Å²) in [6.07, 6.45) is 1.69. The summed E-state index contributed by atoms with van der Waals surface area (Å²) >= 11 is 1.67. The van der Waals surface area contributed by atoms with E-state index < -0.39 is 6.10 Å². The first kappa shape index (κ1) is 12.5. The van der Waals surface area contributed by atoms with Gasteiger partial charge in [0.2, 0.25) is 0 Å². The third-order valence-corrected chi connectivity index (χ3v) is 3.81. The molecule has 0 aliphatic heterocycles. The maximum atomic E-state index is 12.2. The Balaban J connectivity index is 2.04. The maximum Gasteiger partial charge on any atom is 0.253 e. The van der Waals surface area contributed by atoms with Crippen molar-refractivity contribution in [2.75, 3.05) is 13.7 Å². The smallest absolute Gasteiger partial charge is 0.253 e. The molecule has 1 heterocycles. The molecule has 1 fully saturated rings. The van der Waals surface area contributed by atoms with Gasteiger partial charge in [0.1, 0.15) is 6.10 Å². The van der Waals surface area contributed by atoms with Crippen LogP contribution in [0.1, 0.15) is 17.7 Å². The molecule has 0 aromatic carbocycles. The van der Waals surface area contributed by atoms with Crippen molar-refractivity contribution >= 4 is 17.2 Å². The van der Waals surface area contributed by atoms with Gasteiger partial charge in [0.15, 0.2) is 0 Å². The molecule has 0 spiro atoms. The van der Waals surface area contributed by atoms with E-state index in [-0.39, 0.29) is 12.5 Å². The highest BCUT2D eigenvalue weighted by molar-refractivity contribution is 7.09. The number of nitrogens with zero attached hydrogens (tertiary/aromatic N) is 1. The fourth-order valence-corrected chi connectivity index (χ4v) is 2.53. The van der Waals surface area contributed by atoms with Gasteiger partial charge in [-0.1, -0.05) is 6.07 Å². The molecule has 0 radical (unpaired) electrons. The van der Waals surface area contributed by atoms with Crippen LogP contribution in [-0.2, 0) is 16.1 Å². The van der Waals surface area contributed by atoms with Crippen molar-refractivity contribution in [3.8, 4) is 0 Å². The number of rotatable bonds is 6. The third kappa shape index (κ3) is 3.06. The standard InChI is InChI=1S/C12H18N2O2S/c1-16-11(7-13)12(15)14(9-4-5-9)8-10-3-2-6-17-10/h2-3,6,9,11H,4-5,7-8,13H2,1H3. The summed E-state index contributed by atoms with van der Waals surface area (Å²) in [4.78, 5) is 15.4. The highest BCUT2D eigenvalue weighted by atomic mass is 32.1. The molecular formula is C12H18N2O2S. The second-order valence-electron chi connectivity index (χ2n) is 4.24. The summed E-state index contributed by atoms with van der Waals surface area (Å²) in [6.45, 7) is 0.921. The lowest BCUT2D eigenvalue weighted by molar-refractivity contribution is -0.142. The zero-order chi connectivity index (χ0) is 12.3. The Kier molecular flexibility index (Phi) is 4.15. The Labute approximate surface area is 105 Å². The molecule has 4 nitrogen and oxygen atoms in total. The lowest BCUT2D eigenvalue weighted by atomic mass is 10.2. The maximum absolute atomic E-state index is 12.2. The Morgan fingerprint density at radius 1 is 1.71 bits per heavy atom. The molecule has 0 bridgehead atoms. The number of nitrogens with two attached hydrogens (primary N) is 1. The number of hydrogen-bond acceptors (Lipinski definition) is 4. The molecule has 5 heteroatoms. The largest absolute Gasteiger partial charge is 0.370 e. The summed E-state index contributed by atoms with van der Waals surface area (Å²) in [5.74, 6) is 0.0194. The van der Waals surface area contributed by atoms with Gasteiger partial charge in [-0.2, -0.15) is 0 Å². The summed E-state index contributed by atoms with van der Waals surface area (Å²) in [7, 11) is 1.53. The molecule has 17 heavy (non-hydrogen) atoms. The van der Waals surface area contributed by atoms with Crippen LogP contribution in [0, 0.1) is 0 Å². The van der Waals surface area contributed by atoms with E-state index in [1.165, 1.54) is 12.0 Å². The third-order valence-electron chi connectivity index (χ3n) is 2.95. The summed E-state index contributed by atoms with van der Waals surface area (Å²) < 4.78 is 5.13. The van der Waals surface area contributed by atoms with Crippen LogP contribution in [0.2, 0.25) is 0 Å². The van der Waals surface area contributed by atoms with Gasteiger partial charge in [0, 0.05) is 24.6 Å². The van der Waals surface area contributed by atoms with Crippen LogP contribution >= 0.6 is 11.3 Å². The van der Waals surface area contributed by atoms with Crippen molar-refractivity contribution in [2.45, 2.75) is 31.5 Å². The average molecular weight is 254 g/mol. The van der Waals surface area contributed by atoms with E-state index in [0.29, 0.717) is 12.6 Å². The Bertz CT molecular complexity index is 359. The Morgan fingerprint density at radius 3 is 2.94 bits per heavy atom. The van der Waals surface area contributed by atoms with Gasteiger partial charge in [0.25, 0.3) is 5.91 Å². The first-order chi connectivity index (χ1) is 8.26. The van der Waals surface area contributed by atoms with Crippen molar-refractivity contribution < 1.29 is 9.53 Å². The Morgan fingerprint density at radius 2 is 2.47 bits per heavy atom. The summed E-state index contributed by atoms with van der Waals surface area (Å²) in [6, 6.07) is 4.44. The van der Waals surface area contributed by atoms with Crippen molar-refractivity contribution in [3.05, 3.63) is 22.4 Å². The van der Waals surface area contributed by atoms with Gasteiger partial charge in [0.05, 0.1) is 6.54 Å². The van der Waals surface area contributed by atoms with Crippen LogP contribution in [0.5, 0.6) is 0 Å². The molecule has 1 aromatic rings. The van der Waals surface area contributed by atoms with E-state index in [2.05, 4.69) is 6.07 Å². The lowest BCUT2D eigenvalue weighted by Gasteiger charge is -2.25. The van der Waals surface area contributed by atoms with Gasteiger partial charge in [-0.05, 0) is 24.3 Å². The number of amides is 1. The number of methoxy groups -OCH3 is 1. The molecule has 1 unspecified atom stereocenters. The molecule has 1 saturated carbocycles. The molecule has 2 rings (SSSR count). The number of thiophene rings is 1. The van der Waals surface area contributed by atoms with Crippen LogP contribution in [0.15, 0.2) is 17.5 Å². The minimum atomic E-state index is -0.504. The zero-order valence-corrected chi connectivity index (χ0v) is 10.8. The number of hydrogen-bond donors (Lipinski definition) is 1. The fraction of sp³-hybridized carbons (Fsp3) is 0.583. The van der Waals surface area contributed by atoms with Gasteiger partial charge in [-0.3, -0.25) is 4.79 Å². The molecule has 1 aliphatic rings. The van der Waals surface area contributed by atoms with Gasteiger partial charge in [-0.25, -0.2) is 0 Å². The van der Waals surface area contributed by atoms with Crippen molar-refractivity contribution in [1.29, 1.82) is 0 Å². The highest BCUT2D eigenvalue weighted by Crippen LogP contribution is 2.29. The topological polar surface area (TPSA) is 55.6 Å². The van der Waals surface area contributed by atoms with Crippen molar-refractivity contribution in [3.63, 3.8) is 0 Å². The second-order valence-corrected chi connectivity index (χ2v) is 5.27. The summed E-state index contributed by atoms with van der Waals surface area (Å²) in [5, 5.41) is 2.03. The molecule has 94 valence electrons. The molecule has 1 aromatic heterocycles. The molecule has 1 amide bonds. The minimum absolute atomic E-state index is 0.0194. The lowest BCUT2D eigenvalue weighted by Crippen LogP contribution is -2.44. The first-order valence-corrected chi connectivity index (χ1v) is 6.70. The average Bonchev–Trinajstić information content (AvgIpc) is 3.05. The molecular weight excluding hydrogens is 236 g/mol. The summed E-state index contributed by atoms with van der Waals surface area (Å²) in [5.41, 5.74) is 5.55. The van der Waals surface area contributed by atoms with Crippen LogP contribution < -0.4 is 5.73 Å². The fourth-order valence-electron chi connectivity index (χ4n) is 1.83. The van der Waals surface area contributed by atoms with Crippen LogP contribution in [0.4, 0.5) is 0 Å². The molecule has 1 aliphatic carbocycles. The van der Waals surface area contributed by atoms with Crippen LogP contribution in [-0.4, -0.2) is 36.6 Å². The number of carbonyl (C=O) groups excluding carboxylic acids is 1. The zero-order valence-electron chi connectivity index (χ0n) is 9.96. The van der Waals surface area contributed by atoms with E-state index in [4.69, 9.17) is 10.5 Å². The van der Waals surface area contributed by atoms with Gasteiger partial charge in [-0.15, -0.1) is 11.3 Å². The second kappa shape index (κ2) is 5.62. The number of carbonyl (C=O) groups is 1. The van der Waals surface area contributed by atoms with Gasteiger partial charge < -0.3 is 15.4 Å².